The number of Topliss-reactive ketones (excluding diaryl/α,β-unsaturated/α-hetero) is 4. The summed E-state index contributed by atoms with van der Waals surface area (Å²) in [7, 11) is 0. The highest BCUT2D eigenvalue weighted by Crippen LogP contribution is 2.66. The third-order valence-electron chi connectivity index (χ3n) is 16.1. The summed E-state index contributed by atoms with van der Waals surface area (Å²) in [6.45, 7) is 17.6. The number of halogens is 4. The van der Waals surface area contributed by atoms with Crippen molar-refractivity contribution in [2.45, 2.75) is 105 Å². The van der Waals surface area contributed by atoms with Crippen molar-refractivity contribution in [3.63, 3.8) is 0 Å². The van der Waals surface area contributed by atoms with Gasteiger partial charge in [-0.3, -0.25) is 28.8 Å². The zero-order valence-corrected chi connectivity index (χ0v) is 35.7. The number of ketones is 6. The van der Waals surface area contributed by atoms with Gasteiger partial charge in [0, 0.05) is 35.5 Å². The van der Waals surface area contributed by atoms with Crippen LogP contribution >= 0.6 is 46.4 Å². The number of hydrogen-bond donors (Lipinski definition) is 0. The van der Waals surface area contributed by atoms with Crippen molar-refractivity contribution in [1.82, 2.24) is 0 Å². The van der Waals surface area contributed by atoms with E-state index in [0.717, 1.165) is 81.8 Å². The van der Waals surface area contributed by atoms with Gasteiger partial charge in [-0.2, -0.15) is 0 Å². The molecule has 0 amide bonds. The fourth-order valence-electron chi connectivity index (χ4n) is 12.9. The summed E-state index contributed by atoms with van der Waals surface area (Å²) in [5.74, 6) is 3.19. The minimum Gasteiger partial charge on any atom is -0.299 e. The van der Waals surface area contributed by atoms with Gasteiger partial charge in [-0.25, -0.2) is 0 Å². The van der Waals surface area contributed by atoms with Crippen LogP contribution in [0.2, 0.25) is 0 Å². The lowest BCUT2D eigenvalue weighted by molar-refractivity contribution is -0.132. The van der Waals surface area contributed by atoms with Crippen LogP contribution in [0.5, 0.6) is 0 Å². The fourth-order valence-corrected chi connectivity index (χ4v) is 13.7. The molecular weight excluding hydrogens is 790 g/mol. The number of rotatable bonds is 0. The Hall–Kier alpha value is -2.64. The number of allylic oxidation sites excluding steroid dienone is 11. The molecule has 6 saturated carbocycles. The average Bonchev–Trinajstić information content (AvgIpc) is 3.64. The van der Waals surface area contributed by atoms with Crippen LogP contribution in [0.25, 0.3) is 0 Å². The molecule has 6 unspecified atom stereocenters. The largest absolute Gasteiger partial charge is 0.299 e. The Morgan fingerprint density at radius 2 is 1.00 bits per heavy atom. The maximum Gasteiger partial charge on any atom is 0.219 e. The van der Waals surface area contributed by atoms with Crippen molar-refractivity contribution in [2.75, 3.05) is 0 Å². The molecule has 298 valence electrons. The van der Waals surface area contributed by atoms with Crippen LogP contribution in [0.4, 0.5) is 0 Å². The lowest BCUT2D eigenvalue weighted by Crippen LogP contribution is -2.51. The van der Waals surface area contributed by atoms with E-state index in [-0.39, 0.29) is 33.2 Å². The van der Waals surface area contributed by atoms with E-state index >= 15 is 0 Å². The van der Waals surface area contributed by atoms with Gasteiger partial charge in [0.25, 0.3) is 0 Å². The van der Waals surface area contributed by atoms with Gasteiger partial charge in [0.1, 0.15) is 31.7 Å². The first-order valence-electron chi connectivity index (χ1n) is 20.0. The molecule has 0 bridgehead atoms. The predicted octanol–water partition coefficient (Wildman–Crippen LogP) is 10.8. The van der Waals surface area contributed by atoms with Gasteiger partial charge in [0.15, 0.2) is 11.6 Å². The lowest BCUT2D eigenvalue weighted by Gasteiger charge is -2.57. The van der Waals surface area contributed by atoms with E-state index in [1.54, 1.807) is 12.2 Å². The highest BCUT2D eigenvalue weighted by Gasteiger charge is 2.61. The second kappa shape index (κ2) is 14.6. The van der Waals surface area contributed by atoms with Crippen LogP contribution in [-0.2, 0) is 28.8 Å². The molecule has 0 saturated heterocycles. The molecule has 0 spiro atoms. The first-order valence-corrected chi connectivity index (χ1v) is 21.5. The fraction of sp³-hybridized carbons (Fsp3) is 0.565. The highest BCUT2D eigenvalue weighted by atomic mass is 35.5. The van der Waals surface area contributed by atoms with E-state index < -0.39 is 31.7 Å². The first-order chi connectivity index (χ1) is 26.2. The number of fused-ring (bicyclic) bond motifs is 10. The topological polar surface area (TPSA) is 102 Å². The summed E-state index contributed by atoms with van der Waals surface area (Å²) < 4.78 is 0. The Morgan fingerprint density at radius 1 is 0.554 bits per heavy atom. The number of hydrogen-bond acceptors (Lipinski definition) is 6. The molecule has 0 aromatic carbocycles. The Morgan fingerprint density at radius 3 is 1.52 bits per heavy atom. The minimum absolute atomic E-state index is 0.0686. The molecule has 9 rings (SSSR count). The van der Waals surface area contributed by atoms with E-state index in [1.807, 2.05) is 6.08 Å². The van der Waals surface area contributed by atoms with Gasteiger partial charge in [0.05, 0.1) is 0 Å². The molecule has 0 aromatic heterocycles. The normalized spacial score (nSPS) is 41.3. The van der Waals surface area contributed by atoms with E-state index in [9.17, 15) is 28.8 Å². The summed E-state index contributed by atoms with van der Waals surface area (Å²) in [4.78, 5) is 70.5. The molecule has 9 aliphatic rings. The third-order valence-corrected chi connectivity index (χ3v) is 17.7. The van der Waals surface area contributed by atoms with Gasteiger partial charge in [0.2, 0.25) is 11.6 Å². The molecule has 10 heteroatoms. The van der Waals surface area contributed by atoms with E-state index in [2.05, 4.69) is 46.9 Å². The van der Waals surface area contributed by atoms with Crippen molar-refractivity contribution >= 4 is 81.1 Å². The molecule has 6 fully saturated rings. The molecule has 56 heavy (non-hydrogen) atoms. The second-order valence-corrected chi connectivity index (χ2v) is 20.1. The molecule has 9 aliphatic carbocycles. The molecule has 10 atom stereocenters. The molecule has 6 nitrogen and oxygen atoms in total. The van der Waals surface area contributed by atoms with Crippen molar-refractivity contribution < 1.29 is 28.8 Å². The van der Waals surface area contributed by atoms with Gasteiger partial charge in [-0.1, -0.05) is 104 Å². The van der Waals surface area contributed by atoms with Gasteiger partial charge in [-0.05, 0) is 128 Å². The van der Waals surface area contributed by atoms with Crippen LogP contribution in [0.3, 0.4) is 0 Å². The Bertz CT molecular complexity index is 1990. The lowest BCUT2D eigenvalue weighted by atomic mass is 9.47. The smallest absolute Gasteiger partial charge is 0.219 e. The van der Waals surface area contributed by atoms with Crippen molar-refractivity contribution in [2.24, 2.45) is 57.2 Å². The SMILES string of the molecule is C=C1CC2C(CC[C@]3(C)C(=O)CCC23)[C@@]2(C)C=CC(=O)C=C12.C=C1CC2C(CC[C@]3(C)C(=O)CCC23)[C@@]2(C)CCC(=O)C=C12.O=C1C(Cl)=C(Cl)C(=O)C(Cl)=C1Cl. The summed E-state index contributed by atoms with van der Waals surface area (Å²) in [5.41, 5.74) is 4.52. The van der Waals surface area contributed by atoms with Crippen molar-refractivity contribution in [3.05, 3.63) is 79.9 Å². The van der Waals surface area contributed by atoms with Crippen LogP contribution in [0.1, 0.15) is 105 Å². The monoisotopic (exact) mass is 838 g/mol. The molecule has 0 radical (unpaired) electrons. The maximum absolute atomic E-state index is 12.4. The van der Waals surface area contributed by atoms with Crippen LogP contribution < -0.4 is 0 Å². The zero-order chi connectivity index (χ0) is 40.9. The number of carbonyl (C=O) groups excluding carboxylic acids is 6. The van der Waals surface area contributed by atoms with Gasteiger partial charge in [-0.15, -0.1) is 0 Å². The summed E-state index contributed by atoms with van der Waals surface area (Å²) in [5, 5.41) is -1.57. The second-order valence-electron chi connectivity index (χ2n) is 18.6. The van der Waals surface area contributed by atoms with Crippen LogP contribution in [0, 0.1) is 57.2 Å². The van der Waals surface area contributed by atoms with Gasteiger partial charge < -0.3 is 0 Å². The van der Waals surface area contributed by atoms with Crippen LogP contribution in [0.15, 0.2) is 79.9 Å². The summed E-state index contributed by atoms with van der Waals surface area (Å²) >= 11 is 21.5. The van der Waals surface area contributed by atoms with E-state index in [1.165, 1.54) is 11.1 Å². The number of carbonyl (C=O) groups is 6. The third kappa shape index (κ3) is 6.34. The predicted molar refractivity (Wildman–Crippen MR) is 220 cm³/mol. The Balaban J connectivity index is 0.000000135. The molecular formula is C46H50Cl4O6. The maximum atomic E-state index is 12.4. The van der Waals surface area contributed by atoms with Crippen molar-refractivity contribution in [3.8, 4) is 0 Å². The molecule has 0 aromatic rings. The van der Waals surface area contributed by atoms with E-state index in [0.29, 0.717) is 53.5 Å². The standard InChI is InChI=1S/C20H26O2.C20H24O2.C6Cl4O2/c2*1-12-10-14-15-4-5-18(22)20(15,3)9-7-16(14)19(2)8-6-13(21)11-17(12)19;7-1-2(8)6(12)4(10)3(9)5(1)11/h11,14-16H,1,4-10H2,2-3H3;6,8,11,14-16H,1,4-5,7,9-10H2,2-3H3;/t2*14?,15?,16?,19-,20+;/m11./s1. The van der Waals surface area contributed by atoms with Crippen LogP contribution in [-0.4, -0.2) is 34.7 Å². The first kappa shape index (κ1) is 41.5. The quantitative estimate of drug-likeness (QED) is 0.225. The Labute approximate surface area is 349 Å². The molecule has 0 N–H and O–H groups in total. The Kier molecular flexibility index (Phi) is 10.8. The van der Waals surface area contributed by atoms with Crippen molar-refractivity contribution in [1.29, 1.82) is 0 Å². The molecule has 0 aliphatic heterocycles. The van der Waals surface area contributed by atoms with Gasteiger partial charge >= 0.3 is 0 Å². The van der Waals surface area contributed by atoms with E-state index in [4.69, 9.17) is 46.4 Å². The summed E-state index contributed by atoms with van der Waals surface area (Å²) in [6, 6.07) is 0. The summed E-state index contributed by atoms with van der Waals surface area (Å²) in [6.07, 6.45) is 19.0. The zero-order valence-electron chi connectivity index (χ0n) is 32.6. The highest BCUT2D eigenvalue weighted by molar-refractivity contribution is 6.69. The molecule has 0 heterocycles. The minimum atomic E-state index is -0.729. The average molecular weight is 841 g/mol.